The van der Waals surface area contributed by atoms with Crippen LogP contribution >= 0.6 is 23.2 Å². The number of hydrogen-bond donors (Lipinski definition) is 2. The summed E-state index contributed by atoms with van der Waals surface area (Å²) < 4.78 is 5.46. The first-order valence-electron chi connectivity index (χ1n) is 5.44. The van der Waals surface area contributed by atoms with Crippen LogP contribution in [0.3, 0.4) is 0 Å². The van der Waals surface area contributed by atoms with Crippen molar-refractivity contribution in [3.8, 4) is 0 Å². The number of nitrogens with two attached hydrogens (primary N) is 1. The highest BCUT2D eigenvalue weighted by Crippen LogP contribution is 2.26. The minimum Gasteiger partial charge on any atom is -0.364 e. The SMILES string of the molecule is NCC1CCC(C(=O)Nc2ncnc(Cl)c2Cl)O1. The Morgan fingerprint density at radius 2 is 2.28 bits per heavy atom. The van der Waals surface area contributed by atoms with Crippen LogP contribution in [0.1, 0.15) is 12.8 Å². The smallest absolute Gasteiger partial charge is 0.254 e. The summed E-state index contributed by atoms with van der Waals surface area (Å²) in [6, 6.07) is 0. The van der Waals surface area contributed by atoms with E-state index in [0.29, 0.717) is 13.0 Å². The van der Waals surface area contributed by atoms with Crippen LogP contribution in [0.25, 0.3) is 0 Å². The van der Waals surface area contributed by atoms with E-state index in [1.807, 2.05) is 0 Å². The number of nitrogens with one attached hydrogen (secondary N) is 1. The lowest BCUT2D eigenvalue weighted by molar-refractivity contribution is -0.126. The summed E-state index contributed by atoms with van der Waals surface area (Å²) in [5, 5.41) is 2.77. The van der Waals surface area contributed by atoms with Gasteiger partial charge in [-0.1, -0.05) is 23.2 Å². The van der Waals surface area contributed by atoms with Crippen LogP contribution in [-0.4, -0.2) is 34.6 Å². The van der Waals surface area contributed by atoms with Gasteiger partial charge < -0.3 is 15.8 Å². The lowest BCUT2D eigenvalue weighted by Crippen LogP contribution is -2.30. The van der Waals surface area contributed by atoms with Crippen molar-refractivity contribution in [2.75, 3.05) is 11.9 Å². The highest BCUT2D eigenvalue weighted by atomic mass is 35.5. The van der Waals surface area contributed by atoms with Crippen molar-refractivity contribution in [1.29, 1.82) is 0 Å². The van der Waals surface area contributed by atoms with Crippen molar-refractivity contribution >= 4 is 34.9 Å². The number of anilines is 1. The molecule has 0 saturated carbocycles. The number of carbonyl (C=O) groups is 1. The Balaban J connectivity index is 2.01. The Bertz CT molecular complexity index is 458. The second-order valence-electron chi connectivity index (χ2n) is 3.88. The number of halogens is 2. The lowest BCUT2D eigenvalue weighted by atomic mass is 10.2. The van der Waals surface area contributed by atoms with Gasteiger partial charge in [-0.3, -0.25) is 4.79 Å². The number of amides is 1. The zero-order chi connectivity index (χ0) is 13.1. The van der Waals surface area contributed by atoms with Gasteiger partial charge in [-0.2, -0.15) is 0 Å². The molecule has 18 heavy (non-hydrogen) atoms. The fourth-order valence-electron chi connectivity index (χ4n) is 1.70. The predicted molar refractivity (Wildman–Crippen MR) is 67.6 cm³/mol. The van der Waals surface area contributed by atoms with Crippen molar-refractivity contribution in [2.24, 2.45) is 5.73 Å². The molecule has 1 aliphatic rings. The highest BCUT2D eigenvalue weighted by Gasteiger charge is 2.30. The molecule has 0 bridgehead atoms. The third kappa shape index (κ3) is 2.89. The van der Waals surface area contributed by atoms with Gasteiger partial charge in [-0.15, -0.1) is 0 Å². The van der Waals surface area contributed by atoms with Crippen molar-refractivity contribution in [2.45, 2.75) is 25.0 Å². The molecular formula is C10H12Cl2N4O2. The Hall–Kier alpha value is -0.950. The number of rotatable bonds is 3. The molecule has 1 amide bonds. The molecule has 3 N–H and O–H groups in total. The number of hydrogen-bond acceptors (Lipinski definition) is 5. The van der Waals surface area contributed by atoms with Gasteiger partial charge in [-0.25, -0.2) is 9.97 Å². The van der Waals surface area contributed by atoms with E-state index in [9.17, 15) is 4.79 Å². The molecule has 2 unspecified atom stereocenters. The standard InChI is InChI=1S/C10H12Cl2N4O2/c11-7-8(12)14-4-15-9(7)16-10(17)6-2-1-5(3-13)18-6/h4-6H,1-3,13H2,(H,14,15,16,17). The summed E-state index contributed by atoms with van der Waals surface area (Å²) in [7, 11) is 0. The van der Waals surface area contributed by atoms with Crippen LogP contribution in [0.15, 0.2) is 6.33 Å². The molecule has 6 nitrogen and oxygen atoms in total. The zero-order valence-corrected chi connectivity index (χ0v) is 10.9. The topological polar surface area (TPSA) is 90.1 Å². The zero-order valence-electron chi connectivity index (χ0n) is 9.40. The molecule has 2 rings (SSSR count). The van der Waals surface area contributed by atoms with Gasteiger partial charge in [0.2, 0.25) is 0 Å². The van der Waals surface area contributed by atoms with E-state index in [-0.39, 0.29) is 28.0 Å². The van der Waals surface area contributed by atoms with Gasteiger partial charge in [0.1, 0.15) is 17.5 Å². The largest absolute Gasteiger partial charge is 0.364 e. The van der Waals surface area contributed by atoms with Gasteiger partial charge in [0.15, 0.2) is 11.0 Å². The summed E-state index contributed by atoms with van der Waals surface area (Å²) in [5.74, 6) is -0.121. The average molecular weight is 291 g/mol. The Labute approximate surface area is 114 Å². The summed E-state index contributed by atoms with van der Waals surface area (Å²) >= 11 is 11.6. The van der Waals surface area contributed by atoms with E-state index in [1.54, 1.807) is 0 Å². The molecule has 1 aromatic heterocycles. The fraction of sp³-hybridized carbons (Fsp3) is 0.500. The minimum atomic E-state index is -0.525. The van der Waals surface area contributed by atoms with Crippen molar-refractivity contribution in [3.05, 3.63) is 16.5 Å². The maximum atomic E-state index is 11.9. The molecule has 1 fully saturated rings. The van der Waals surface area contributed by atoms with Crippen LogP contribution in [0.5, 0.6) is 0 Å². The Kier molecular flexibility index (Phi) is 4.34. The molecule has 1 saturated heterocycles. The van der Waals surface area contributed by atoms with E-state index in [2.05, 4.69) is 15.3 Å². The summed E-state index contributed by atoms with van der Waals surface area (Å²) in [6.07, 6.45) is 2.03. The summed E-state index contributed by atoms with van der Waals surface area (Å²) in [6.45, 7) is 0.407. The quantitative estimate of drug-likeness (QED) is 0.817. The van der Waals surface area contributed by atoms with Crippen molar-refractivity contribution < 1.29 is 9.53 Å². The van der Waals surface area contributed by atoms with Crippen LogP contribution < -0.4 is 11.1 Å². The molecule has 2 atom stereocenters. The highest BCUT2D eigenvalue weighted by molar-refractivity contribution is 6.42. The molecule has 0 spiro atoms. The van der Waals surface area contributed by atoms with Crippen molar-refractivity contribution in [1.82, 2.24) is 9.97 Å². The molecule has 8 heteroatoms. The third-order valence-electron chi connectivity index (χ3n) is 2.65. The maximum Gasteiger partial charge on any atom is 0.254 e. The van der Waals surface area contributed by atoms with Crippen molar-refractivity contribution in [3.63, 3.8) is 0 Å². The maximum absolute atomic E-state index is 11.9. The Morgan fingerprint density at radius 3 is 2.94 bits per heavy atom. The molecule has 0 aromatic carbocycles. The van der Waals surface area contributed by atoms with Gasteiger partial charge in [-0.05, 0) is 12.8 Å². The third-order valence-corrected chi connectivity index (χ3v) is 3.39. The van der Waals surface area contributed by atoms with Gasteiger partial charge in [0.25, 0.3) is 5.91 Å². The number of aromatic nitrogens is 2. The first kappa shape index (κ1) is 13.5. The first-order valence-corrected chi connectivity index (χ1v) is 6.19. The van der Waals surface area contributed by atoms with Gasteiger partial charge in [0.05, 0.1) is 6.10 Å². The summed E-state index contributed by atoms with van der Waals surface area (Å²) in [4.78, 5) is 19.4. The monoisotopic (exact) mass is 290 g/mol. The Morgan fingerprint density at radius 1 is 1.50 bits per heavy atom. The summed E-state index contributed by atoms with van der Waals surface area (Å²) in [5.41, 5.74) is 5.48. The average Bonchev–Trinajstić information content (AvgIpc) is 2.83. The predicted octanol–water partition coefficient (Wildman–Crippen LogP) is 1.23. The van der Waals surface area contributed by atoms with E-state index in [1.165, 1.54) is 6.33 Å². The van der Waals surface area contributed by atoms with E-state index in [4.69, 9.17) is 33.7 Å². The van der Waals surface area contributed by atoms with Crippen LogP contribution in [-0.2, 0) is 9.53 Å². The van der Waals surface area contributed by atoms with E-state index in [0.717, 1.165) is 6.42 Å². The normalized spacial score (nSPS) is 23.1. The number of ether oxygens (including phenoxy) is 1. The van der Waals surface area contributed by atoms with E-state index < -0.39 is 6.10 Å². The van der Waals surface area contributed by atoms with Gasteiger partial charge >= 0.3 is 0 Å². The second kappa shape index (κ2) is 5.79. The number of nitrogens with zero attached hydrogens (tertiary/aromatic N) is 2. The van der Waals surface area contributed by atoms with Gasteiger partial charge in [0, 0.05) is 6.54 Å². The van der Waals surface area contributed by atoms with Crippen LogP contribution in [0, 0.1) is 0 Å². The molecule has 0 aliphatic carbocycles. The fourth-order valence-corrected chi connectivity index (χ4v) is 1.98. The number of carbonyl (C=O) groups excluding carboxylic acids is 1. The first-order chi connectivity index (χ1) is 8.61. The minimum absolute atomic E-state index is 0.0646. The lowest BCUT2D eigenvalue weighted by Gasteiger charge is -2.12. The molecule has 0 radical (unpaired) electrons. The molecule has 2 heterocycles. The van der Waals surface area contributed by atoms with Crippen LogP contribution in [0.4, 0.5) is 5.82 Å². The molecule has 98 valence electrons. The molecule has 1 aromatic rings. The molecule has 1 aliphatic heterocycles. The van der Waals surface area contributed by atoms with Crippen LogP contribution in [0.2, 0.25) is 10.2 Å². The van der Waals surface area contributed by atoms with E-state index >= 15 is 0 Å². The molecular weight excluding hydrogens is 279 g/mol. The second-order valence-corrected chi connectivity index (χ2v) is 4.61.